The van der Waals surface area contributed by atoms with Crippen LogP contribution in [0.25, 0.3) is 0 Å². The number of likely N-dealkylation sites (tertiary alicyclic amines) is 1. The lowest BCUT2D eigenvalue weighted by Gasteiger charge is -2.53. The SMILES string of the molecule is CCOc1ncccc1C1C(C2C(=O)Nc3ccc(F)cc32)N(C(=O)O)C(Cl)CN1C1CCN(C)CC1. The smallest absolute Gasteiger partial charge is 0.408 e. The van der Waals surface area contributed by atoms with E-state index in [9.17, 15) is 19.1 Å². The lowest BCUT2D eigenvalue weighted by atomic mass is 9.80. The summed E-state index contributed by atoms with van der Waals surface area (Å²) in [6.45, 7) is 4.27. The van der Waals surface area contributed by atoms with Crippen LogP contribution >= 0.6 is 11.6 Å². The number of amides is 2. The number of pyridine rings is 1. The van der Waals surface area contributed by atoms with Gasteiger partial charge in [0.2, 0.25) is 11.8 Å². The molecule has 1 aromatic heterocycles. The number of fused-ring (bicyclic) bond motifs is 1. The number of alkyl halides is 1. The second-order valence-electron chi connectivity index (χ2n) is 9.82. The molecule has 9 nitrogen and oxygen atoms in total. The van der Waals surface area contributed by atoms with Gasteiger partial charge in [-0.25, -0.2) is 14.2 Å². The van der Waals surface area contributed by atoms with Crippen molar-refractivity contribution < 1.29 is 23.8 Å². The van der Waals surface area contributed by atoms with Gasteiger partial charge >= 0.3 is 6.09 Å². The van der Waals surface area contributed by atoms with Gasteiger partial charge in [-0.3, -0.25) is 14.6 Å². The third kappa shape index (κ3) is 4.73. The average Bonchev–Trinajstić information content (AvgIpc) is 3.19. The molecule has 2 amide bonds. The number of carbonyl (C=O) groups is 2. The van der Waals surface area contributed by atoms with Gasteiger partial charge in [-0.15, -0.1) is 0 Å². The van der Waals surface area contributed by atoms with E-state index in [4.69, 9.17) is 16.3 Å². The van der Waals surface area contributed by atoms with Crippen molar-refractivity contribution in [3.63, 3.8) is 0 Å². The Morgan fingerprint density at radius 1 is 1.27 bits per heavy atom. The molecule has 4 heterocycles. The minimum atomic E-state index is -1.24. The van der Waals surface area contributed by atoms with Crippen LogP contribution in [0, 0.1) is 5.82 Å². The molecule has 5 rings (SSSR count). The van der Waals surface area contributed by atoms with Crippen molar-refractivity contribution in [2.75, 3.05) is 38.6 Å². The fourth-order valence-electron chi connectivity index (χ4n) is 6.05. The molecular formula is C26H31ClFN5O4. The molecule has 37 heavy (non-hydrogen) atoms. The number of piperidine rings is 1. The molecule has 0 bridgehead atoms. The molecule has 0 aliphatic carbocycles. The summed E-state index contributed by atoms with van der Waals surface area (Å²) in [6.07, 6.45) is 2.11. The molecule has 1 aromatic carbocycles. The van der Waals surface area contributed by atoms with Crippen molar-refractivity contribution >= 4 is 29.3 Å². The Balaban J connectivity index is 1.70. The number of piperazine rings is 1. The molecule has 2 fully saturated rings. The number of carbonyl (C=O) groups excluding carboxylic acids is 1. The number of anilines is 1. The number of aromatic nitrogens is 1. The van der Waals surface area contributed by atoms with Gasteiger partial charge in [0.25, 0.3) is 0 Å². The first-order valence-corrected chi connectivity index (χ1v) is 13.0. The molecule has 2 N–H and O–H groups in total. The molecule has 4 unspecified atom stereocenters. The van der Waals surface area contributed by atoms with E-state index in [1.807, 2.05) is 13.0 Å². The summed E-state index contributed by atoms with van der Waals surface area (Å²) in [4.78, 5) is 36.2. The zero-order chi connectivity index (χ0) is 26.3. The first-order chi connectivity index (χ1) is 17.8. The zero-order valence-corrected chi connectivity index (χ0v) is 21.6. The Morgan fingerprint density at radius 2 is 2.03 bits per heavy atom. The second kappa shape index (κ2) is 10.4. The van der Waals surface area contributed by atoms with E-state index >= 15 is 0 Å². The van der Waals surface area contributed by atoms with Crippen LogP contribution in [0.1, 0.15) is 42.9 Å². The van der Waals surface area contributed by atoms with Gasteiger partial charge < -0.3 is 20.1 Å². The van der Waals surface area contributed by atoms with Crippen molar-refractivity contribution in [3.8, 4) is 5.88 Å². The van der Waals surface area contributed by atoms with Crippen LogP contribution in [0.3, 0.4) is 0 Å². The molecule has 11 heteroatoms. The van der Waals surface area contributed by atoms with E-state index in [1.54, 1.807) is 12.3 Å². The highest BCUT2D eigenvalue weighted by molar-refractivity contribution is 6.21. The molecule has 3 aliphatic heterocycles. The maximum atomic E-state index is 14.4. The summed E-state index contributed by atoms with van der Waals surface area (Å²) in [5.41, 5.74) is 0.665. The number of carboxylic acid groups (broad SMARTS) is 1. The van der Waals surface area contributed by atoms with Gasteiger partial charge in [0, 0.05) is 30.0 Å². The molecule has 0 spiro atoms. The quantitative estimate of drug-likeness (QED) is 0.448. The van der Waals surface area contributed by atoms with Gasteiger partial charge in [0.15, 0.2) is 0 Å². The van der Waals surface area contributed by atoms with Gasteiger partial charge in [0.05, 0.1) is 24.6 Å². The first kappa shape index (κ1) is 25.7. The minimum Gasteiger partial charge on any atom is -0.478 e. The van der Waals surface area contributed by atoms with Gasteiger partial charge in [0.1, 0.15) is 11.3 Å². The maximum absolute atomic E-state index is 14.4. The number of hydrogen-bond acceptors (Lipinski definition) is 6. The van der Waals surface area contributed by atoms with E-state index in [0.29, 0.717) is 29.3 Å². The summed E-state index contributed by atoms with van der Waals surface area (Å²) in [5.74, 6) is -1.48. The lowest BCUT2D eigenvalue weighted by Crippen LogP contribution is -2.64. The highest BCUT2D eigenvalue weighted by atomic mass is 35.5. The third-order valence-corrected chi connectivity index (χ3v) is 8.02. The molecular weight excluding hydrogens is 501 g/mol. The van der Waals surface area contributed by atoms with E-state index in [-0.39, 0.29) is 12.6 Å². The van der Waals surface area contributed by atoms with Crippen LogP contribution < -0.4 is 10.1 Å². The van der Waals surface area contributed by atoms with Crippen LogP contribution in [-0.4, -0.2) is 87.7 Å². The van der Waals surface area contributed by atoms with Gasteiger partial charge in [-0.1, -0.05) is 17.7 Å². The van der Waals surface area contributed by atoms with Gasteiger partial charge in [-0.05, 0) is 69.7 Å². The highest BCUT2D eigenvalue weighted by Crippen LogP contribution is 2.48. The largest absolute Gasteiger partial charge is 0.478 e. The highest BCUT2D eigenvalue weighted by Gasteiger charge is 2.54. The Labute approximate surface area is 220 Å². The van der Waals surface area contributed by atoms with Crippen molar-refractivity contribution in [2.45, 2.75) is 49.3 Å². The number of nitrogens with zero attached hydrogens (tertiary/aromatic N) is 4. The summed E-state index contributed by atoms with van der Waals surface area (Å²) in [5, 5.41) is 13.2. The molecule has 4 atom stereocenters. The predicted molar refractivity (Wildman–Crippen MR) is 136 cm³/mol. The second-order valence-corrected chi connectivity index (χ2v) is 10.3. The zero-order valence-electron chi connectivity index (χ0n) is 20.8. The van der Waals surface area contributed by atoms with Crippen molar-refractivity contribution in [1.29, 1.82) is 0 Å². The van der Waals surface area contributed by atoms with E-state index in [0.717, 1.165) is 30.8 Å². The summed E-state index contributed by atoms with van der Waals surface area (Å²) in [7, 11) is 2.08. The number of hydrogen-bond donors (Lipinski definition) is 2. The number of benzene rings is 1. The summed E-state index contributed by atoms with van der Waals surface area (Å²) < 4.78 is 20.3. The fourth-order valence-corrected chi connectivity index (χ4v) is 6.42. The Hall–Kier alpha value is -2.95. The van der Waals surface area contributed by atoms with Crippen LogP contribution in [0.2, 0.25) is 0 Å². The molecule has 198 valence electrons. The summed E-state index contributed by atoms with van der Waals surface area (Å²) >= 11 is 6.79. The lowest BCUT2D eigenvalue weighted by molar-refractivity contribution is -0.121. The van der Waals surface area contributed by atoms with Crippen LogP contribution in [0.15, 0.2) is 36.5 Å². The standard InChI is InChI=1S/C26H31ClFN5O4/c1-3-37-25-17(5-4-10-29-25)22-23(21-18-13-15(28)6-7-19(18)30-24(21)34)33(26(35)36)20(27)14-32(22)16-8-11-31(2)12-9-16/h4-7,10,13,16,20-23H,3,8-9,11-12,14H2,1-2H3,(H,30,34)(H,35,36). The molecule has 3 aliphatic rings. The van der Waals surface area contributed by atoms with E-state index < -0.39 is 41.3 Å². The first-order valence-electron chi connectivity index (χ1n) is 12.6. The van der Waals surface area contributed by atoms with Crippen LogP contribution in [-0.2, 0) is 4.79 Å². The molecule has 0 saturated carbocycles. The number of nitrogens with one attached hydrogen (secondary N) is 1. The normalized spacial score (nSPS) is 27.1. The minimum absolute atomic E-state index is 0.104. The number of halogens is 2. The van der Waals surface area contributed by atoms with E-state index in [2.05, 4.69) is 27.1 Å². The summed E-state index contributed by atoms with van der Waals surface area (Å²) in [6, 6.07) is 6.30. The fraction of sp³-hybridized carbons (Fsp3) is 0.500. The Bertz CT molecular complexity index is 1180. The maximum Gasteiger partial charge on any atom is 0.408 e. The van der Waals surface area contributed by atoms with Gasteiger partial charge in [-0.2, -0.15) is 0 Å². The molecule has 2 saturated heterocycles. The number of rotatable bonds is 5. The number of ether oxygens (including phenoxy) is 1. The van der Waals surface area contributed by atoms with Crippen molar-refractivity contribution in [3.05, 3.63) is 53.5 Å². The van der Waals surface area contributed by atoms with Crippen LogP contribution in [0.4, 0.5) is 14.9 Å². The van der Waals surface area contributed by atoms with Crippen molar-refractivity contribution in [1.82, 2.24) is 19.7 Å². The van der Waals surface area contributed by atoms with Crippen molar-refractivity contribution in [2.24, 2.45) is 0 Å². The monoisotopic (exact) mass is 531 g/mol. The Morgan fingerprint density at radius 3 is 2.73 bits per heavy atom. The Kier molecular flexibility index (Phi) is 7.24. The van der Waals surface area contributed by atoms with Crippen LogP contribution in [0.5, 0.6) is 5.88 Å². The predicted octanol–water partition coefficient (Wildman–Crippen LogP) is 3.72. The average molecular weight is 532 g/mol. The third-order valence-electron chi connectivity index (χ3n) is 7.67. The topological polar surface area (TPSA) is 98.2 Å². The molecule has 2 aromatic rings. The molecule has 0 radical (unpaired) electrons. The van der Waals surface area contributed by atoms with E-state index in [1.165, 1.54) is 18.2 Å².